The number of rotatable bonds is 2. The van der Waals surface area contributed by atoms with Gasteiger partial charge in [-0.3, -0.25) is 4.79 Å². The van der Waals surface area contributed by atoms with Crippen molar-refractivity contribution >= 4 is 40.6 Å². The second-order valence-corrected chi connectivity index (χ2v) is 8.15. The molecule has 2 aromatic carbocycles. The molecule has 1 nitrogen and oxygen atoms in total. The van der Waals surface area contributed by atoms with Crippen molar-refractivity contribution in [2.45, 2.75) is 23.6 Å². The Bertz CT molecular complexity index is 702. The van der Waals surface area contributed by atoms with Crippen molar-refractivity contribution in [2.24, 2.45) is 5.41 Å². The van der Waals surface area contributed by atoms with E-state index in [4.69, 9.17) is 34.8 Å². The second-order valence-electron chi connectivity index (χ2n) is 5.86. The monoisotopic (exact) mass is 352 g/mol. The first-order valence-corrected chi connectivity index (χ1v) is 8.18. The summed E-state index contributed by atoms with van der Waals surface area (Å²) in [4.78, 5) is 12.5. The van der Waals surface area contributed by atoms with Gasteiger partial charge in [-0.05, 0) is 36.1 Å². The molecule has 0 saturated heterocycles. The molecule has 1 unspecified atom stereocenters. The van der Waals surface area contributed by atoms with Crippen LogP contribution in [-0.4, -0.2) is 9.58 Å². The molecule has 0 heterocycles. The van der Waals surface area contributed by atoms with Gasteiger partial charge in [-0.2, -0.15) is 0 Å². The SMILES string of the molecule is CC(=O)C(C)(C1c2ccccc2-c2ccccc21)C(Cl)(Cl)Cl. The van der Waals surface area contributed by atoms with E-state index in [2.05, 4.69) is 0 Å². The van der Waals surface area contributed by atoms with Crippen molar-refractivity contribution in [1.29, 1.82) is 0 Å². The molecular formula is C18H15Cl3O. The van der Waals surface area contributed by atoms with Crippen molar-refractivity contribution < 1.29 is 4.79 Å². The number of hydrogen-bond donors (Lipinski definition) is 0. The molecule has 0 aromatic heterocycles. The van der Waals surface area contributed by atoms with Crippen molar-refractivity contribution in [2.75, 3.05) is 0 Å². The zero-order valence-corrected chi connectivity index (χ0v) is 14.5. The lowest BCUT2D eigenvalue weighted by Crippen LogP contribution is -2.44. The minimum absolute atomic E-state index is 0.135. The maximum Gasteiger partial charge on any atom is 0.203 e. The summed E-state index contributed by atoms with van der Waals surface area (Å²) >= 11 is 18.8. The molecule has 0 bridgehead atoms. The first kappa shape index (κ1) is 15.9. The molecule has 0 spiro atoms. The fourth-order valence-electron chi connectivity index (χ4n) is 3.34. The van der Waals surface area contributed by atoms with E-state index in [0.29, 0.717) is 0 Å². The maximum atomic E-state index is 12.5. The van der Waals surface area contributed by atoms with Crippen LogP contribution in [0.3, 0.4) is 0 Å². The molecule has 0 N–H and O–H groups in total. The molecule has 4 heteroatoms. The molecule has 2 aromatic rings. The molecule has 1 atom stereocenters. The predicted octanol–water partition coefficient (Wildman–Crippen LogP) is 5.76. The number of carbonyl (C=O) groups is 1. The highest BCUT2D eigenvalue weighted by molar-refractivity contribution is 6.69. The van der Waals surface area contributed by atoms with E-state index in [9.17, 15) is 4.79 Å². The summed E-state index contributed by atoms with van der Waals surface area (Å²) in [5, 5.41) is 0. The topological polar surface area (TPSA) is 17.1 Å². The van der Waals surface area contributed by atoms with E-state index in [-0.39, 0.29) is 11.7 Å². The number of halogens is 3. The summed E-state index contributed by atoms with van der Waals surface area (Å²) < 4.78 is -1.70. The largest absolute Gasteiger partial charge is 0.299 e. The van der Waals surface area contributed by atoms with Gasteiger partial charge in [0, 0.05) is 5.92 Å². The molecule has 1 aliphatic rings. The highest BCUT2D eigenvalue weighted by Gasteiger charge is 2.56. The molecule has 0 aliphatic heterocycles. The zero-order valence-electron chi connectivity index (χ0n) is 12.2. The van der Waals surface area contributed by atoms with Crippen molar-refractivity contribution in [3.63, 3.8) is 0 Å². The average Bonchev–Trinajstić information content (AvgIpc) is 2.80. The van der Waals surface area contributed by atoms with Gasteiger partial charge < -0.3 is 0 Å². The molecule has 1 aliphatic carbocycles. The van der Waals surface area contributed by atoms with Gasteiger partial charge in [0.15, 0.2) is 0 Å². The Morgan fingerprint density at radius 3 is 1.68 bits per heavy atom. The van der Waals surface area contributed by atoms with Gasteiger partial charge in [0.25, 0.3) is 0 Å². The summed E-state index contributed by atoms with van der Waals surface area (Å²) in [6, 6.07) is 16.0. The van der Waals surface area contributed by atoms with Gasteiger partial charge in [0.05, 0.1) is 5.41 Å². The molecule has 0 fully saturated rings. The standard InChI is InChI=1S/C18H15Cl3O/c1-11(22)17(2,18(19,20)21)16-14-9-5-3-7-12(14)13-8-4-6-10-15(13)16/h3-10,16H,1-2H3. The van der Waals surface area contributed by atoms with Crippen LogP contribution in [0.25, 0.3) is 11.1 Å². The van der Waals surface area contributed by atoms with E-state index in [1.807, 2.05) is 48.5 Å². The highest BCUT2D eigenvalue weighted by atomic mass is 35.6. The summed E-state index contributed by atoms with van der Waals surface area (Å²) in [7, 11) is 0. The number of benzene rings is 2. The third-order valence-electron chi connectivity index (χ3n) is 4.73. The number of carbonyl (C=O) groups excluding carboxylic acids is 1. The smallest absolute Gasteiger partial charge is 0.203 e. The molecular weight excluding hydrogens is 339 g/mol. The summed E-state index contributed by atoms with van der Waals surface area (Å²) in [6.45, 7) is 3.23. The van der Waals surface area contributed by atoms with Crippen LogP contribution in [0.5, 0.6) is 0 Å². The molecule has 3 rings (SSSR count). The van der Waals surface area contributed by atoms with Crippen LogP contribution in [0.15, 0.2) is 48.5 Å². The van der Waals surface area contributed by atoms with Crippen LogP contribution in [0.4, 0.5) is 0 Å². The van der Waals surface area contributed by atoms with Gasteiger partial charge in [0.2, 0.25) is 3.79 Å². The van der Waals surface area contributed by atoms with Crippen molar-refractivity contribution in [3.8, 4) is 11.1 Å². The average molecular weight is 354 g/mol. The molecule has 22 heavy (non-hydrogen) atoms. The number of fused-ring (bicyclic) bond motifs is 3. The quantitative estimate of drug-likeness (QED) is 0.627. The van der Waals surface area contributed by atoms with Crippen LogP contribution in [0, 0.1) is 5.41 Å². The summed E-state index contributed by atoms with van der Waals surface area (Å²) in [6.07, 6.45) is 0. The van der Waals surface area contributed by atoms with E-state index in [1.165, 1.54) is 6.92 Å². The van der Waals surface area contributed by atoms with Crippen molar-refractivity contribution in [3.05, 3.63) is 59.7 Å². The summed E-state index contributed by atoms with van der Waals surface area (Å²) in [5.41, 5.74) is 3.13. The third-order valence-corrected chi connectivity index (χ3v) is 5.91. The first-order chi connectivity index (χ1) is 10.3. The fourth-order valence-corrected chi connectivity index (χ4v) is 4.07. The van der Waals surface area contributed by atoms with Crippen LogP contribution in [-0.2, 0) is 4.79 Å². The van der Waals surface area contributed by atoms with E-state index in [1.54, 1.807) is 6.92 Å². The van der Waals surface area contributed by atoms with Gasteiger partial charge in [-0.1, -0.05) is 83.3 Å². The Morgan fingerprint density at radius 2 is 1.32 bits per heavy atom. The molecule has 0 saturated carbocycles. The first-order valence-electron chi connectivity index (χ1n) is 7.04. The Balaban J connectivity index is 2.33. The summed E-state index contributed by atoms with van der Waals surface area (Å²) in [5.74, 6) is -0.408. The van der Waals surface area contributed by atoms with E-state index < -0.39 is 9.21 Å². The number of ketones is 1. The fraction of sp³-hybridized carbons (Fsp3) is 0.278. The predicted molar refractivity (Wildman–Crippen MR) is 92.8 cm³/mol. The molecule has 0 radical (unpaired) electrons. The normalized spacial score (nSPS) is 16.8. The lowest BCUT2D eigenvalue weighted by molar-refractivity contribution is -0.126. The van der Waals surface area contributed by atoms with Gasteiger partial charge in [-0.25, -0.2) is 0 Å². The Morgan fingerprint density at radius 1 is 0.909 bits per heavy atom. The number of Topliss-reactive ketones (excluding diaryl/α,β-unsaturated/α-hetero) is 1. The highest BCUT2D eigenvalue weighted by Crippen LogP contribution is 2.60. The van der Waals surface area contributed by atoms with Crippen LogP contribution >= 0.6 is 34.8 Å². The minimum Gasteiger partial charge on any atom is -0.299 e. The molecule has 0 amide bonds. The van der Waals surface area contributed by atoms with E-state index in [0.717, 1.165) is 22.3 Å². The lowest BCUT2D eigenvalue weighted by Gasteiger charge is -2.40. The second kappa shape index (κ2) is 5.26. The Kier molecular flexibility index (Phi) is 3.79. The van der Waals surface area contributed by atoms with Crippen LogP contribution in [0.1, 0.15) is 30.9 Å². The van der Waals surface area contributed by atoms with Gasteiger partial charge in [-0.15, -0.1) is 0 Å². The van der Waals surface area contributed by atoms with Crippen molar-refractivity contribution in [1.82, 2.24) is 0 Å². The number of alkyl halides is 3. The Hall–Kier alpha value is -1.02. The third kappa shape index (κ3) is 2.11. The lowest BCUT2D eigenvalue weighted by atomic mass is 9.70. The Labute approximate surface area is 145 Å². The maximum absolute atomic E-state index is 12.5. The van der Waals surface area contributed by atoms with Gasteiger partial charge >= 0.3 is 0 Å². The minimum atomic E-state index is -1.70. The number of hydrogen-bond acceptors (Lipinski definition) is 1. The zero-order chi connectivity index (χ0) is 16.1. The van der Waals surface area contributed by atoms with Crippen LogP contribution in [0.2, 0.25) is 0 Å². The molecule has 114 valence electrons. The van der Waals surface area contributed by atoms with Crippen LogP contribution < -0.4 is 0 Å². The van der Waals surface area contributed by atoms with E-state index >= 15 is 0 Å². The van der Waals surface area contributed by atoms with Gasteiger partial charge in [0.1, 0.15) is 5.78 Å².